The summed E-state index contributed by atoms with van der Waals surface area (Å²) in [6.45, 7) is 6.08. The zero-order chi connectivity index (χ0) is 13.4. The highest BCUT2D eigenvalue weighted by atomic mass is 35.5. The predicted octanol–water partition coefficient (Wildman–Crippen LogP) is 0.700. The van der Waals surface area contributed by atoms with Gasteiger partial charge in [0.25, 0.3) is 0 Å². The second kappa shape index (κ2) is 10.4. The van der Waals surface area contributed by atoms with Gasteiger partial charge in [0.2, 0.25) is 5.91 Å². The monoisotopic (exact) mass is 294 g/mol. The van der Waals surface area contributed by atoms with Gasteiger partial charge in [-0.05, 0) is 25.2 Å². The zero-order valence-electron chi connectivity index (χ0n) is 11.9. The Bertz CT molecular complexity index is 246. The van der Waals surface area contributed by atoms with Crippen molar-refractivity contribution in [2.45, 2.75) is 45.3 Å². The Balaban J connectivity index is 0.00000324. The van der Waals surface area contributed by atoms with Crippen LogP contribution in [0.3, 0.4) is 0 Å². The topological polar surface area (TPSA) is 70.6 Å². The van der Waals surface area contributed by atoms with Gasteiger partial charge in [-0.25, -0.2) is 0 Å². The quantitative estimate of drug-likeness (QED) is 0.616. The van der Waals surface area contributed by atoms with E-state index in [4.69, 9.17) is 9.84 Å². The smallest absolute Gasteiger partial charge is 0.234 e. The SMILES string of the molecule is CC(C)C(CCO)NC(=O)CNCC1CCCO1.Cl. The molecule has 1 aliphatic heterocycles. The number of amides is 1. The molecule has 2 unspecified atom stereocenters. The molecular weight excluding hydrogens is 268 g/mol. The van der Waals surface area contributed by atoms with E-state index < -0.39 is 0 Å². The Morgan fingerprint density at radius 1 is 1.47 bits per heavy atom. The highest BCUT2D eigenvalue weighted by molar-refractivity contribution is 5.85. The van der Waals surface area contributed by atoms with Crippen molar-refractivity contribution in [2.24, 2.45) is 5.92 Å². The summed E-state index contributed by atoms with van der Waals surface area (Å²) in [7, 11) is 0. The minimum atomic E-state index is -0.0138. The lowest BCUT2D eigenvalue weighted by Gasteiger charge is -2.21. The highest BCUT2D eigenvalue weighted by Crippen LogP contribution is 2.10. The molecule has 1 fully saturated rings. The number of nitrogens with one attached hydrogen (secondary N) is 2. The molecule has 1 rings (SSSR count). The largest absolute Gasteiger partial charge is 0.396 e. The average molecular weight is 295 g/mol. The lowest BCUT2D eigenvalue weighted by atomic mass is 10.0. The van der Waals surface area contributed by atoms with Crippen LogP contribution in [0, 0.1) is 5.92 Å². The summed E-state index contributed by atoms with van der Waals surface area (Å²) in [5, 5.41) is 15.0. The van der Waals surface area contributed by atoms with Crippen molar-refractivity contribution in [3.8, 4) is 0 Å². The Kier molecular flexibility index (Phi) is 10.2. The fourth-order valence-corrected chi connectivity index (χ4v) is 2.12. The van der Waals surface area contributed by atoms with Crippen molar-refractivity contribution in [2.75, 3.05) is 26.3 Å². The lowest BCUT2D eigenvalue weighted by Crippen LogP contribution is -2.44. The number of rotatable bonds is 8. The van der Waals surface area contributed by atoms with Crippen LogP contribution < -0.4 is 10.6 Å². The molecule has 0 aromatic rings. The summed E-state index contributed by atoms with van der Waals surface area (Å²) >= 11 is 0. The first kappa shape index (κ1) is 18.6. The van der Waals surface area contributed by atoms with Crippen molar-refractivity contribution >= 4 is 18.3 Å². The minimum Gasteiger partial charge on any atom is -0.396 e. The third kappa shape index (κ3) is 7.72. The van der Waals surface area contributed by atoms with Crippen LogP contribution >= 0.6 is 12.4 Å². The first-order valence-electron chi connectivity index (χ1n) is 6.86. The van der Waals surface area contributed by atoms with Crippen LogP contribution in [0.5, 0.6) is 0 Å². The Morgan fingerprint density at radius 3 is 2.74 bits per heavy atom. The predicted molar refractivity (Wildman–Crippen MR) is 77.6 cm³/mol. The summed E-state index contributed by atoms with van der Waals surface area (Å²) in [4.78, 5) is 11.7. The summed E-state index contributed by atoms with van der Waals surface area (Å²) < 4.78 is 5.47. The van der Waals surface area contributed by atoms with Gasteiger partial charge in [-0.3, -0.25) is 4.79 Å². The van der Waals surface area contributed by atoms with Crippen LogP contribution in [-0.2, 0) is 9.53 Å². The number of aliphatic hydroxyl groups excluding tert-OH is 1. The summed E-state index contributed by atoms with van der Waals surface area (Å²) in [6.07, 6.45) is 3.06. The van der Waals surface area contributed by atoms with E-state index >= 15 is 0 Å². The van der Waals surface area contributed by atoms with Gasteiger partial charge < -0.3 is 20.5 Å². The number of hydrogen-bond acceptors (Lipinski definition) is 4. The van der Waals surface area contributed by atoms with E-state index in [0.717, 1.165) is 26.0 Å². The summed E-state index contributed by atoms with van der Waals surface area (Å²) in [5.41, 5.74) is 0. The van der Waals surface area contributed by atoms with Crippen LogP contribution in [0.1, 0.15) is 33.1 Å². The molecule has 1 heterocycles. The molecule has 5 nitrogen and oxygen atoms in total. The molecule has 3 N–H and O–H groups in total. The van der Waals surface area contributed by atoms with E-state index in [-0.39, 0.29) is 37.1 Å². The second-order valence-electron chi connectivity index (χ2n) is 5.20. The number of aliphatic hydroxyl groups is 1. The third-order valence-corrected chi connectivity index (χ3v) is 3.27. The standard InChI is InChI=1S/C13H26N2O3.ClH/c1-10(2)12(5-6-16)15-13(17)9-14-8-11-4-3-7-18-11;/h10-12,14,16H,3-9H2,1-2H3,(H,15,17);1H. The molecule has 1 amide bonds. The van der Waals surface area contributed by atoms with Gasteiger partial charge in [0.05, 0.1) is 12.6 Å². The van der Waals surface area contributed by atoms with E-state index in [0.29, 0.717) is 18.9 Å². The molecule has 2 atom stereocenters. The Morgan fingerprint density at radius 2 is 2.21 bits per heavy atom. The third-order valence-electron chi connectivity index (χ3n) is 3.27. The second-order valence-corrected chi connectivity index (χ2v) is 5.20. The molecule has 0 radical (unpaired) electrons. The molecule has 0 aromatic heterocycles. The summed E-state index contributed by atoms with van der Waals surface area (Å²) in [5.74, 6) is 0.319. The highest BCUT2D eigenvalue weighted by Gasteiger charge is 2.17. The van der Waals surface area contributed by atoms with Gasteiger partial charge in [0.15, 0.2) is 0 Å². The number of halogens is 1. The molecule has 6 heteroatoms. The van der Waals surface area contributed by atoms with E-state index in [1.807, 2.05) is 13.8 Å². The van der Waals surface area contributed by atoms with Gasteiger partial charge >= 0.3 is 0 Å². The summed E-state index contributed by atoms with van der Waals surface area (Å²) in [6, 6.07) is 0.0482. The number of carbonyl (C=O) groups excluding carboxylic acids is 1. The molecule has 1 aliphatic rings. The number of ether oxygens (including phenoxy) is 1. The molecular formula is C13H27ClN2O3. The van der Waals surface area contributed by atoms with Gasteiger partial charge in [0, 0.05) is 25.8 Å². The zero-order valence-corrected chi connectivity index (χ0v) is 12.7. The Labute approximate surface area is 121 Å². The number of hydrogen-bond donors (Lipinski definition) is 3. The lowest BCUT2D eigenvalue weighted by molar-refractivity contribution is -0.121. The number of carbonyl (C=O) groups is 1. The van der Waals surface area contributed by atoms with E-state index in [9.17, 15) is 4.79 Å². The van der Waals surface area contributed by atoms with Crippen molar-refractivity contribution in [1.29, 1.82) is 0 Å². The van der Waals surface area contributed by atoms with E-state index in [1.165, 1.54) is 0 Å². The van der Waals surface area contributed by atoms with Gasteiger partial charge in [-0.2, -0.15) is 0 Å². The molecule has 0 aliphatic carbocycles. The van der Waals surface area contributed by atoms with E-state index in [1.54, 1.807) is 0 Å². The maximum absolute atomic E-state index is 11.7. The molecule has 19 heavy (non-hydrogen) atoms. The van der Waals surface area contributed by atoms with Crippen molar-refractivity contribution < 1.29 is 14.6 Å². The molecule has 114 valence electrons. The van der Waals surface area contributed by atoms with Gasteiger partial charge in [-0.15, -0.1) is 12.4 Å². The van der Waals surface area contributed by atoms with E-state index in [2.05, 4.69) is 10.6 Å². The molecule has 1 saturated heterocycles. The minimum absolute atomic E-state index is 0. The maximum Gasteiger partial charge on any atom is 0.234 e. The van der Waals surface area contributed by atoms with Gasteiger partial charge in [0.1, 0.15) is 0 Å². The first-order chi connectivity index (χ1) is 8.63. The average Bonchev–Trinajstić information content (AvgIpc) is 2.81. The first-order valence-corrected chi connectivity index (χ1v) is 6.86. The molecule has 0 saturated carbocycles. The maximum atomic E-state index is 11.7. The molecule has 0 aromatic carbocycles. The van der Waals surface area contributed by atoms with Crippen LogP contribution in [0.15, 0.2) is 0 Å². The van der Waals surface area contributed by atoms with Crippen molar-refractivity contribution in [3.63, 3.8) is 0 Å². The van der Waals surface area contributed by atoms with Crippen molar-refractivity contribution in [3.05, 3.63) is 0 Å². The molecule has 0 bridgehead atoms. The van der Waals surface area contributed by atoms with Crippen LogP contribution in [0.25, 0.3) is 0 Å². The Hall–Kier alpha value is -0.360. The van der Waals surface area contributed by atoms with Crippen LogP contribution in [0.4, 0.5) is 0 Å². The van der Waals surface area contributed by atoms with Gasteiger partial charge in [-0.1, -0.05) is 13.8 Å². The van der Waals surface area contributed by atoms with Crippen LogP contribution in [-0.4, -0.2) is 49.5 Å². The fraction of sp³-hybridized carbons (Fsp3) is 0.923. The normalized spacial score (nSPS) is 20.1. The molecule has 0 spiro atoms. The van der Waals surface area contributed by atoms with Crippen LogP contribution in [0.2, 0.25) is 0 Å². The van der Waals surface area contributed by atoms with Crippen molar-refractivity contribution in [1.82, 2.24) is 10.6 Å². The fourth-order valence-electron chi connectivity index (χ4n) is 2.12.